The van der Waals surface area contributed by atoms with Gasteiger partial charge in [-0.15, -0.1) is 0 Å². The minimum atomic E-state index is -3.81. The Morgan fingerprint density at radius 3 is 2.61 bits per heavy atom. The molecular formula is C10H14N2O5S. The van der Waals surface area contributed by atoms with Gasteiger partial charge in [0, 0.05) is 12.1 Å². The van der Waals surface area contributed by atoms with E-state index in [9.17, 15) is 23.6 Å². The van der Waals surface area contributed by atoms with Crippen molar-refractivity contribution in [2.75, 3.05) is 0 Å². The van der Waals surface area contributed by atoms with Gasteiger partial charge in [0.25, 0.3) is 0 Å². The maximum atomic E-state index is 11.9. The van der Waals surface area contributed by atoms with E-state index in [-0.39, 0.29) is 10.9 Å². The normalized spacial score (nSPS) is 13.2. The van der Waals surface area contributed by atoms with E-state index >= 15 is 0 Å². The van der Waals surface area contributed by atoms with E-state index in [1.165, 1.54) is 0 Å². The van der Waals surface area contributed by atoms with Gasteiger partial charge in [-0.25, -0.2) is 13.1 Å². The highest BCUT2D eigenvalue weighted by Gasteiger charge is 2.22. The monoisotopic (exact) mass is 274 g/mol. The number of nitrogens with one attached hydrogen (secondary N) is 1. The van der Waals surface area contributed by atoms with E-state index in [2.05, 4.69) is 4.72 Å². The highest BCUT2D eigenvalue weighted by atomic mass is 32.2. The molecule has 7 nitrogen and oxygen atoms in total. The summed E-state index contributed by atoms with van der Waals surface area (Å²) in [6.07, 6.45) is 0.597. The number of sulfonamides is 1. The van der Waals surface area contributed by atoms with E-state index in [1.807, 2.05) is 6.92 Å². The predicted molar refractivity (Wildman–Crippen MR) is 64.8 cm³/mol. The molecule has 0 saturated carbocycles. The third-order valence-electron chi connectivity index (χ3n) is 2.42. The third kappa shape index (κ3) is 3.17. The zero-order chi connectivity index (χ0) is 13.9. The van der Waals surface area contributed by atoms with Crippen LogP contribution in [0.4, 0.5) is 5.69 Å². The van der Waals surface area contributed by atoms with Gasteiger partial charge in [0.05, 0.1) is 9.82 Å². The van der Waals surface area contributed by atoms with Crippen LogP contribution in [0.15, 0.2) is 23.1 Å². The summed E-state index contributed by atoms with van der Waals surface area (Å²) in [4.78, 5) is 9.53. The van der Waals surface area contributed by atoms with Gasteiger partial charge in [0.15, 0.2) is 5.75 Å². The second-order valence-corrected chi connectivity index (χ2v) is 5.55. The summed E-state index contributed by atoms with van der Waals surface area (Å²) in [6, 6.07) is 2.67. The molecule has 0 fully saturated rings. The number of nitrogens with zero attached hydrogens (tertiary/aromatic N) is 1. The van der Waals surface area contributed by atoms with Crippen LogP contribution in [-0.2, 0) is 10.0 Å². The maximum absolute atomic E-state index is 11.9. The molecule has 2 N–H and O–H groups in total. The Morgan fingerprint density at radius 1 is 1.50 bits per heavy atom. The number of rotatable bonds is 5. The molecule has 0 aliphatic carbocycles. The van der Waals surface area contributed by atoms with Crippen LogP contribution in [0.5, 0.6) is 5.75 Å². The van der Waals surface area contributed by atoms with Gasteiger partial charge < -0.3 is 5.11 Å². The molecular weight excluding hydrogens is 260 g/mol. The molecule has 1 rings (SSSR count). The maximum Gasteiger partial charge on any atom is 0.312 e. The highest BCUT2D eigenvalue weighted by Crippen LogP contribution is 2.28. The average Bonchev–Trinajstić information content (AvgIpc) is 2.28. The summed E-state index contributed by atoms with van der Waals surface area (Å²) in [5.41, 5.74) is -0.637. The fourth-order valence-corrected chi connectivity index (χ4v) is 2.58. The number of phenolic OH excluding ortho intramolecular Hbond substituents is 1. The van der Waals surface area contributed by atoms with Gasteiger partial charge >= 0.3 is 5.69 Å². The first-order valence-corrected chi connectivity index (χ1v) is 6.76. The molecule has 1 atom stereocenters. The third-order valence-corrected chi connectivity index (χ3v) is 4.01. The SMILES string of the molecule is CCC(C)NS(=O)(=O)c1ccc(O)c([N+](=O)[O-])c1. The molecule has 0 aliphatic heterocycles. The first kappa shape index (κ1) is 14.4. The Bertz CT molecular complexity index is 555. The van der Waals surface area contributed by atoms with E-state index in [0.29, 0.717) is 6.42 Å². The van der Waals surface area contributed by atoms with Crippen molar-refractivity contribution in [3.63, 3.8) is 0 Å². The molecule has 0 amide bonds. The van der Waals surface area contributed by atoms with E-state index < -0.39 is 26.4 Å². The summed E-state index contributed by atoms with van der Waals surface area (Å²) < 4.78 is 26.1. The number of hydrogen-bond donors (Lipinski definition) is 2. The molecule has 0 saturated heterocycles. The molecule has 8 heteroatoms. The minimum absolute atomic E-state index is 0.243. The van der Waals surface area contributed by atoms with Crippen LogP contribution in [0.2, 0.25) is 0 Å². The summed E-state index contributed by atoms with van der Waals surface area (Å²) in [6.45, 7) is 3.50. The number of phenols is 1. The van der Waals surface area contributed by atoms with Gasteiger partial charge in [-0.2, -0.15) is 0 Å². The molecule has 0 bridgehead atoms. The number of aromatic hydroxyl groups is 1. The molecule has 0 aromatic heterocycles. The smallest absolute Gasteiger partial charge is 0.312 e. The molecule has 0 heterocycles. The van der Waals surface area contributed by atoms with Crippen molar-refractivity contribution in [1.82, 2.24) is 4.72 Å². The molecule has 18 heavy (non-hydrogen) atoms. The molecule has 100 valence electrons. The van der Waals surface area contributed by atoms with Crippen LogP contribution in [-0.4, -0.2) is 24.5 Å². The fraction of sp³-hybridized carbons (Fsp3) is 0.400. The standard InChI is InChI=1S/C10H14N2O5S/c1-3-7(2)11-18(16,17)8-4-5-10(13)9(6-8)12(14)15/h4-7,11,13H,3H2,1-2H3. The van der Waals surface area contributed by atoms with Crippen molar-refractivity contribution in [2.24, 2.45) is 0 Å². The molecule has 0 aliphatic rings. The Morgan fingerprint density at radius 2 is 2.11 bits per heavy atom. The summed E-state index contributed by atoms with van der Waals surface area (Å²) in [5, 5.41) is 19.9. The molecule has 1 aromatic rings. The van der Waals surface area contributed by atoms with E-state index in [0.717, 1.165) is 18.2 Å². The van der Waals surface area contributed by atoms with Gasteiger partial charge in [-0.1, -0.05) is 6.92 Å². The Kier molecular flexibility index (Phi) is 4.25. The lowest BCUT2D eigenvalue weighted by Gasteiger charge is -2.11. The zero-order valence-electron chi connectivity index (χ0n) is 9.95. The van der Waals surface area contributed by atoms with E-state index in [4.69, 9.17) is 0 Å². The molecule has 0 radical (unpaired) electrons. The fourth-order valence-electron chi connectivity index (χ4n) is 1.23. The van der Waals surface area contributed by atoms with Crippen molar-refractivity contribution in [3.05, 3.63) is 28.3 Å². The topological polar surface area (TPSA) is 110 Å². The number of hydrogen-bond acceptors (Lipinski definition) is 5. The summed E-state index contributed by atoms with van der Waals surface area (Å²) in [5.74, 6) is -0.567. The van der Waals surface area contributed by atoms with Crippen LogP contribution < -0.4 is 4.72 Å². The minimum Gasteiger partial charge on any atom is -0.502 e. The average molecular weight is 274 g/mol. The Balaban J connectivity index is 3.18. The second-order valence-electron chi connectivity index (χ2n) is 3.84. The quantitative estimate of drug-likeness (QED) is 0.622. The highest BCUT2D eigenvalue weighted by molar-refractivity contribution is 7.89. The lowest BCUT2D eigenvalue weighted by molar-refractivity contribution is -0.386. The number of nitro benzene ring substituents is 1. The van der Waals surface area contributed by atoms with Crippen molar-refractivity contribution in [2.45, 2.75) is 31.2 Å². The molecule has 1 unspecified atom stereocenters. The van der Waals surface area contributed by atoms with Crippen molar-refractivity contribution < 1.29 is 18.4 Å². The number of nitro groups is 1. The van der Waals surface area contributed by atoms with Gasteiger partial charge in [0.2, 0.25) is 10.0 Å². The van der Waals surface area contributed by atoms with Crippen molar-refractivity contribution >= 4 is 15.7 Å². The van der Waals surface area contributed by atoms with Crippen LogP contribution >= 0.6 is 0 Å². The zero-order valence-corrected chi connectivity index (χ0v) is 10.8. The summed E-state index contributed by atoms with van der Waals surface area (Å²) >= 11 is 0. The van der Waals surface area contributed by atoms with Crippen LogP contribution in [0.1, 0.15) is 20.3 Å². The largest absolute Gasteiger partial charge is 0.502 e. The Labute approximate surface area is 105 Å². The van der Waals surface area contributed by atoms with Gasteiger partial charge in [-0.05, 0) is 25.5 Å². The predicted octanol–water partition coefficient (Wildman–Crippen LogP) is 1.38. The molecule has 0 spiro atoms. The first-order chi connectivity index (χ1) is 8.27. The van der Waals surface area contributed by atoms with Gasteiger partial charge in [-0.3, -0.25) is 10.1 Å². The summed E-state index contributed by atoms with van der Waals surface area (Å²) in [7, 11) is -3.81. The van der Waals surface area contributed by atoms with Crippen molar-refractivity contribution in [3.8, 4) is 5.75 Å². The number of benzene rings is 1. The second kappa shape index (κ2) is 5.32. The van der Waals surface area contributed by atoms with Crippen LogP contribution in [0.25, 0.3) is 0 Å². The van der Waals surface area contributed by atoms with Gasteiger partial charge in [0.1, 0.15) is 0 Å². The van der Waals surface area contributed by atoms with E-state index in [1.54, 1.807) is 6.92 Å². The van der Waals surface area contributed by atoms with Crippen molar-refractivity contribution in [1.29, 1.82) is 0 Å². The first-order valence-electron chi connectivity index (χ1n) is 5.27. The lowest BCUT2D eigenvalue weighted by atomic mass is 10.3. The van der Waals surface area contributed by atoms with Crippen LogP contribution in [0, 0.1) is 10.1 Å². The Hall–Kier alpha value is -1.67. The lowest BCUT2D eigenvalue weighted by Crippen LogP contribution is -2.32. The molecule has 1 aromatic carbocycles. The van der Waals surface area contributed by atoms with Crippen LogP contribution in [0.3, 0.4) is 0 Å².